The summed E-state index contributed by atoms with van der Waals surface area (Å²) in [6, 6.07) is 11.7. The predicted octanol–water partition coefficient (Wildman–Crippen LogP) is 2.45. The van der Waals surface area contributed by atoms with Gasteiger partial charge in [-0.15, -0.1) is 10.2 Å². The number of aromatic nitrogens is 2. The topological polar surface area (TPSA) is 149 Å². The van der Waals surface area contributed by atoms with Gasteiger partial charge in [-0.2, -0.15) is 0 Å². The Hall–Kier alpha value is -3.29. The molecule has 1 aromatic heterocycles. The van der Waals surface area contributed by atoms with Crippen LogP contribution < -0.4 is 5.32 Å². The number of nitrogens with one attached hydrogen (secondary N) is 1. The van der Waals surface area contributed by atoms with E-state index in [1.807, 2.05) is 0 Å². The number of nitro groups is 1. The van der Waals surface area contributed by atoms with E-state index in [2.05, 4.69) is 15.5 Å². The fourth-order valence-electron chi connectivity index (χ4n) is 2.47. The molecule has 168 valence electrons. The molecule has 1 N–H and O–H groups in total. The average Bonchev–Trinajstić information content (AvgIpc) is 3.24. The maximum atomic E-state index is 12.3. The van der Waals surface area contributed by atoms with Gasteiger partial charge >= 0.3 is 0 Å². The van der Waals surface area contributed by atoms with Crippen LogP contribution in [0, 0.1) is 10.1 Å². The highest BCUT2D eigenvalue weighted by atomic mass is 32.2. The third-order valence-electron chi connectivity index (χ3n) is 4.25. The molecule has 0 aliphatic carbocycles. The quantitative estimate of drug-likeness (QED) is 0.278. The van der Waals surface area contributed by atoms with Crippen LogP contribution >= 0.6 is 11.8 Å². The Balaban J connectivity index is 1.52. The number of benzene rings is 2. The van der Waals surface area contributed by atoms with Crippen molar-refractivity contribution in [3.63, 3.8) is 0 Å². The monoisotopic (exact) mass is 477 g/mol. The Bertz CT molecular complexity index is 1210. The molecule has 11 nitrogen and oxygen atoms in total. The van der Waals surface area contributed by atoms with Crippen molar-refractivity contribution in [2.24, 2.45) is 0 Å². The Kier molecular flexibility index (Phi) is 7.22. The number of nitrogens with zero attached hydrogens (tertiary/aromatic N) is 4. The summed E-state index contributed by atoms with van der Waals surface area (Å²) in [5.41, 5.74) is 1.16. The molecule has 0 unspecified atom stereocenters. The molecule has 1 heterocycles. The molecule has 32 heavy (non-hydrogen) atoms. The minimum absolute atomic E-state index is 0.00166. The van der Waals surface area contributed by atoms with Gasteiger partial charge in [0.1, 0.15) is 0 Å². The molecule has 0 radical (unpaired) electrons. The minimum atomic E-state index is -3.57. The molecule has 0 spiro atoms. The number of hydrogen-bond acceptors (Lipinski definition) is 9. The van der Waals surface area contributed by atoms with Gasteiger partial charge in [-0.1, -0.05) is 23.9 Å². The largest absolute Gasteiger partial charge is 0.414 e. The highest BCUT2D eigenvalue weighted by molar-refractivity contribution is 7.98. The number of sulfonamides is 1. The van der Waals surface area contributed by atoms with Gasteiger partial charge in [0.25, 0.3) is 16.8 Å². The molecule has 0 atom stereocenters. The minimum Gasteiger partial charge on any atom is -0.414 e. The van der Waals surface area contributed by atoms with Crippen LogP contribution in [-0.4, -0.2) is 47.8 Å². The van der Waals surface area contributed by atoms with E-state index >= 15 is 0 Å². The fraction of sp³-hybridized carbons (Fsp3) is 0.211. The first-order valence-corrected chi connectivity index (χ1v) is 11.6. The first-order valence-electron chi connectivity index (χ1n) is 9.16. The Morgan fingerprint density at radius 3 is 2.38 bits per heavy atom. The number of rotatable bonds is 9. The lowest BCUT2D eigenvalue weighted by molar-refractivity contribution is -0.384. The van der Waals surface area contributed by atoms with Crippen LogP contribution in [0.5, 0.6) is 0 Å². The van der Waals surface area contributed by atoms with Crippen LogP contribution in [0.3, 0.4) is 0 Å². The van der Waals surface area contributed by atoms with Gasteiger partial charge in [0.2, 0.25) is 15.9 Å². The summed E-state index contributed by atoms with van der Waals surface area (Å²) in [5, 5.41) is 21.4. The summed E-state index contributed by atoms with van der Waals surface area (Å²) in [6.45, 7) is 0.00166. The van der Waals surface area contributed by atoms with Crippen molar-refractivity contribution in [1.82, 2.24) is 19.8 Å². The van der Waals surface area contributed by atoms with E-state index in [0.717, 1.165) is 9.87 Å². The lowest BCUT2D eigenvalue weighted by Gasteiger charge is -2.11. The van der Waals surface area contributed by atoms with Crippen LogP contribution in [0.15, 0.2) is 63.1 Å². The van der Waals surface area contributed by atoms with E-state index in [-0.39, 0.29) is 28.6 Å². The van der Waals surface area contributed by atoms with E-state index in [1.165, 1.54) is 62.3 Å². The maximum Gasteiger partial charge on any atom is 0.276 e. The first-order chi connectivity index (χ1) is 15.2. The highest BCUT2D eigenvalue weighted by Crippen LogP contribution is 2.23. The third-order valence-corrected chi connectivity index (χ3v) is 6.97. The molecule has 0 bridgehead atoms. The van der Waals surface area contributed by atoms with Gasteiger partial charge in [-0.25, -0.2) is 12.7 Å². The zero-order chi connectivity index (χ0) is 23.3. The van der Waals surface area contributed by atoms with Crippen molar-refractivity contribution < 1.29 is 22.6 Å². The zero-order valence-corrected chi connectivity index (χ0v) is 18.7. The normalized spacial score (nSPS) is 11.5. The van der Waals surface area contributed by atoms with Crippen LogP contribution in [-0.2, 0) is 22.3 Å². The lowest BCUT2D eigenvalue weighted by Crippen LogP contribution is -2.24. The number of carbonyl (C=O) groups is 1. The SMILES string of the molecule is CN(C)S(=O)(=O)c1ccc(C(=O)NCc2nnc(SCc3ccc([N+](=O)[O-])cc3)o2)cc1. The summed E-state index contributed by atoms with van der Waals surface area (Å²) in [5.74, 6) is 0.266. The molecule has 2 aromatic carbocycles. The second kappa shape index (κ2) is 9.89. The number of amides is 1. The average molecular weight is 478 g/mol. The second-order valence-electron chi connectivity index (χ2n) is 6.67. The van der Waals surface area contributed by atoms with Crippen molar-refractivity contribution in [2.75, 3.05) is 14.1 Å². The number of nitro benzene ring substituents is 1. The Morgan fingerprint density at radius 2 is 1.78 bits per heavy atom. The summed E-state index contributed by atoms with van der Waals surface area (Å²) < 4.78 is 30.7. The molecule has 1 amide bonds. The van der Waals surface area contributed by atoms with E-state index < -0.39 is 20.9 Å². The van der Waals surface area contributed by atoms with Gasteiger partial charge in [0.05, 0.1) is 16.4 Å². The molecule has 0 saturated carbocycles. The smallest absolute Gasteiger partial charge is 0.276 e. The molecule has 0 saturated heterocycles. The van der Waals surface area contributed by atoms with Crippen molar-refractivity contribution in [1.29, 1.82) is 0 Å². The second-order valence-corrected chi connectivity index (χ2v) is 9.75. The Labute approximate surface area is 188 Å². The van der Waals surface area contributed by atoms with Crippen molar-refractivity contribution in [3.8, 4) is 0 Å². The van der Waals surface area contributed by atoms with Crippen molar-refractivity contribution in [2.45, 2.75) is 22.4 Å². The van der Waals surface area contributed by atoms with Gasteiger partial charge in [0, 0.05) is 37.5 Å². The number of hydrogen-bond donors (Lipinski definition) is 1. The molecule has 3 rings (SSSR count). The van der Waals surface area contributed by atoms with Gasteiger partial charge in [0.15, 0.2) is 0 Å². The maximum absolute atomic E-state index is 12.3. The summed E-state index contributed by atoms with van der Waals surface area (Å²) in [7, 11) is -0.709. The number of non-ortho nitro benzene ring substituents is 1. The predicted molar refractivity (Wildman–Crippen MR) is 115 cm³/mol. The van der Waals surface area contributed by atoms with Crippen LogP contribution in [0.2, 0.25) is 0 Å². The van der Waals surface area contributed by atoms with Gasteiger partial charge < -0.3 is 9.73 Å². The molecular formula is C19H19N5O6S2. The summed E-state index contributed by atoms with van der Waals surface area (Å²) in [6.07, 6.45) is 0. The fourth-order valence-corrected chi connectivity index (χ4v) is 4.11. The van der Waals surface area contributed by atoms with Crippen molar-refractivity contribution >= 4 is 33.4 Å². The first kappa shape index (κ1) is 23.4. The van der Waals surface area contributed by atoms with Gasteiger partial charge in [-0.3, -0.25) is 14.9 Å². The molecule has 3 aromatic rings. The van der Waals surface area contributed by atoms with Crippen LogP contribution in [0.25, 0.3) is 0 Å². The molecule has 0 aliphatic heterocycles. The van der Waals surface area contributed by atoms with Crippen LogP contribution in [0.4, 0.5) is 5.69 Å². The number of carbonyl (C=O) groups excluding carboxylic acids is 1. The van der Waals surface area contributed by atoms with Crippen LogP contribution in [0.1, 0.15) is 21.8 Å². The van der Waals surface area contributed by atoms with E-state index in [4.69, 9.17) is 4.42 Å². The highest BCUT2D eigenvalue weighted by Gasteiger charge is 2.18. The Morgan fingerprint density at radius 1 is 1.12 bits per heavy atom. The van der Waals surface area contributed by atoms with Crippen molar-refractivity contribution in [3.05, 3.63) is 75.7 Å². The number of thioether (sulfide) groups is 1. The van der Waals surface area contributed by atoms with E-state index in [1.54, 1.807) is 12.1 Å². The van der Waals surface area contributed by atoms with Gasteiger partial charge in [-0.05, 0) is 29.8 Å². The van der Waals surface area contributed by atoms with E-state index in [9.17, 15) is 23.3 Å². The lowest BCUT2D eigenvalue weighted by atomic mass is 10.2. The zero-order valence-electron chi connectivity index (χ0n) is 17.1. The molecule has 0 fully saturated rings. The molecular weight excluding hydrogens is 458 g/mol. The summed E-state index contributed by atoms with van der Waals surface area (Å²) in [4.78, 5) is 22.6. The summed E-state index contributed by atoms with van der Waals surface area (Å²) >= 11 is 1.26. The molecule has 0 aliphatic rings. The standard InChI is InChI=1S/C19H19N5O6S2/c1-23(2)32(28,29)16-9-5-14(6-10-16)18(25)20-11-17-21-22-19(30-17)31-12-13-3-7-15(8-4-13)24(26)27/h3-10H,11-12H2,1-2H3,(H,20,25). The molecule has 13 heteroatoms. The third kappa shape index (κ3) is 5.69. The van der Waals surface area contributed by atoms with E-state index in [0.29, 0.717) is 11.0 Å².